The normalized spacial score (nSPS) is 16.4. The summed E-state index contributed by atoms with van der Waals surface area (Å²) < 4.78 is 0. The van der Waals surface area contributed by atoms with E-state index in [0.717, 1.165) is 18.9 Å². The van der Waals surface area contributed by atoms with E-state index in [1.165, 1.54) is 30.4 Å². The number of nitrogens with one attached hydrogen (secondary N) is 1. The van der Waals surface area contributed by atoms with Crippen LogP contribution in [0.4, 0.5) is 0 Å². The van der Waals surface area contributed by atoms with Gasteiger partial charge in [0.2, 0.25) is 0 Å². The summed E-state index contributed by atoms with van der Waals surface area (Å²) in [7, 11) is 0. The molecule has 3 nitrogen and oxygen atoms in total. The van der Waals surface area contributed by atoms with Crippen molar-refractivity contribution in [2.24, 2.45) is 16.6 Å². The molecule has 0 spiro atoms. The quantitative estimate of drug-likeness (QED) is 0.618. The Bertz CT molecular complexity index is 408. The topological polar surface area (TPSA) is 50.4 Å². The lowest BCUT2D eigenvalue weighted by Crippen LogP contribution is -2.37. The van der Waals surface area contributed by atoms with Crippen LogP contribution in [0.3, 0.4) is 0 Å². The maximum atomic E-state index is 5.88. The molecule has 0 saturated heterocycles. The number of benzene rings is 1. The predicted octanol–water partition coefficient (Wildman–Crippen LogP) is 2.45. The highest BCUT2D eigenvalue weighted by Crippen LogP contribution is 2.24. The number of aliphatic imine (C=N–C) groups is 1. The lowest BCUT2D eigenvalue weighted by Gasteiger charge is -2.25. The largest absolute Gasteiger partial charge is 0.370 e. The van der Waals surface area contributed by atoms with E-state index in [1.54, 1.807) is 0 Å². The smallest absolute Gasteiger partial charge is 0.188 e. The number of nitrogens with zero attached hydrogens (tertiary/aromatic N) is 1. The van der Waals surface area contributed by atoms with Gasteiger partial charge >= 0.3 is 0 Å². The molecule has 1 aliphatic rings. The molecular formula is C15H23N3. The predicted molar refractivity (Wildman–Crippen MR) is 76.5 cm³/mol. The molecule has 0 atom stereocenters. The molecule has 0 aromatic heterocycles. The number of guanidine groups is 1. The molecule has 1 aliphatic carbocycles. The van der Waals surface area contributed by atoms with Crippen LogP contribution >= 0.6 is 0 Å². The highest BCUT2D eigenvalue weighted by atomic mass is 15.1. The number of nitrogens with two attached hydrogens (primary N) is 1. The van der Waals surface area contributed by atoms with Gasteiger partial charge in [-0.1, -0.05) is 37.6 Å². The van der Waals surface area contributed by atoms with Crippen molar-refractivity contribution in [3.8, 4) is 0 Å². The minimum atomic E-state index is 0.577. The zero-order valence-corrected chi connectivity index (χ0v) is 11.2. The minimum absolute atomic E-state index is 0.577. The monoisotopic (exact) mass is 245 g/mol. The van der Waals surface area contributed by atoms with Crippen molar-refractivity contribution in [2.75, 3.05) is 6.54 Å². The van der Waals surface area contributed by atoms with Gasteiger partial charge in [-0.3, -0.25) is 0 Å². The van der Waals surface area contributed by atoms with Crippen LogP contribution in [-0.4, -0.2) is 12.5 Å². The third kappa shape index (κ3) is 3.49. The van der Waals surface area contributed by atoms with E-state index in [4.69, 9.17) is 5.73 Å². The summed E-state index contributed by atoms with van der Waals surface area (Å²) in [5.74, 6) is 1.38. The summed E-state index contributed by atoms with van der Waals surface area (Å²) in [5.41, 5.74) is 8.51. The highest BCUT2D eigenvalue weighted by molar-refractivity contribution is 5.77. The van der Waals surface area contributed by atoms with Gasteiger partial charge in [-0.15, -0.1) is 0 Å². The molecule has 0 unspecified atom stereocenters. The average molecular weight is 245 g/mol. The first-order chi connectivity index (χ1) is 8.79. The Morgan fingerprint density at radius 2 is 2.06 bits per heavy atom. The molecule has 1 aromatic rings. The van der Waals surface area contributed by atoms with Gasteiger partial charge in [0, 0.05) is 6.54 Å². The number of rotatable bonds is 5. The van der Waals surface area contributed by atoms with E-state index in [-0.39, 0.29) is 0 Å². The SMILES string of the molecule is CCc1ccccc1CN=C(N)NCC1CCC1. The summed E-state index contributed by atoms with van der Waals surface area (Å²) in [6, 6.07) is 8.41. The van der Waals surface area contributed by atoms with E-state index >= 15 is 0 Å². The molecule has 3 N–H and O–H groups in total. The first kappa shape index (κ1) is 12.9. The van der Waals surface area contributed by atoms with E-state index < -0.39 is 0 Å². The first-order valence-electron chi connectivity index (χ1n) is 6.90. The molecular weight excluding hydrogens is 222 g/mol. The zero-order chi connectivity index (χ0) is 12.8. The van der Waals surface area contributed by atoms with E-state index in [0.29, 0.717) is 12.5 Å². The summed E-state index contributed by atoms with van der Waals surface area (Å²) >= 11 is 0. The zero-order valence-electron chi connectivity index (χ0n) is 11.2. The van der Waals surface area contributed by atoms with Crippen molar-refractivity contribution in [1.82, 2.24) is 5.32 Å². The van der Waals surface area contributed by atoms with Gasteiger partial charge in [0.15, 0.2) is 5.96 Å². The van der Waals surface area contributed by atoms with Gasteiger partial charge in [0.05, 0.1) is 6.54 Å². The second-order valence-corrected chi connectivity index (χ2v) is 5.00. The van der Waals surface area contributed by atoms with Crippen molar-refractivity contribution in [2.45, 2.75) is 39.2 Å². The molecule has 1 aromatic carbocycles. The lowest BCUT2D eigenvalue weighted by atomic mass is 9.85. The number of hydrogen-bond acceptors (Lipinski definition) is 1. The fourth-order valence-corrected chi connectivity index (χ4v) is 2.23. The van der Waals surface area contributed by atoms with Gasteiger partial charge in [0.1, 0.15) is 0 Å². The Hall–Kier alpha value is -1.51. The van der Waals surface area contributed by atoms with Gasteiger partial charge in [-0.2, -0.15) is 0 Å². The molecule has 0 heterocycles. The molecule has 0 bridgehead atoms. The Morgan fingerprint density at radius 1 is 1.33 bits per heavy atom. The Kier molecular flexibility index (Phi) is 4.62. The maximum Gasteiger partial charge on any atom is 0.188 e. The van der Waals surface area contributed by atoms with Crippen molar-refractivity contribution in [1.29, 1.82) is 0 Å². The third-order valence-corrected chi connectivity index (χ3v) is 3.72. The molecule has 0 aliphatic heterocycles. The fraction of sp³-hybridized carbons (Fsp3) is 0.533. The molecule has 0 amide bonds. The number of aryl methyl sites for hydroxylation is 1. The van der Waals surface area contributed by atoms with Crippen LogP contribution in [0.1, 0.15) is 37.3 Å². The minimum Gasteiger partial charge on any atom is -0.370 e. The van der Waals surface area contributed by atoms with Crippen LogP contribution in [0, 0.1) is 5.92 Å². The molecule has 3 heteroatoms. The second-order valence-electron chi connectivity index (χ2n) is 5.00. The average Bonchev–Trinajstić information content (AvgIpc) is 2.35. The lowest BCUT2D eigenvalue weighted by molar-refractivity contribution is 0.315. The summed E-state index contributed by atoms with van der Waals surface area (Å²) in [6.45, 7) is 3.82. The van der Waals surface area contributed by atoms with Crippen LogP contribution in [0.25, 0.3) is 0 Å². The molecule has 0 radical (unpaired) electrons. The molecule has 18 heavy (non-hydrogen) atoms. The van der Waals surface area contributed by atoms with Crippen LogP contribution in [0.2, 0.25) is 0 Å². The maximum absolute atomic E-state index is 5.88. The first-order valence-corrected chi connectivity index (χ1v) is 6.90. The Balaban J connectivity index is 1.84. The summed E-state index contributed by atoms with van der Waals surface area (Å²) in [4.78, 5) is 4.42. The van der Waals surface area contributed by atoms with Crippen molar-refractivity contribution in [3.63, 3.8) is 0 Å². The molecule has 98 valence electrons. The molecule has 1 saturated carbocycles. The third-order valence-electron chi connectivity index (χ3n) is 3.72. The van der Waals surface area contributed by atoms with E-state index in [2.05, 4.69) is 41.5 Å². The van der Waals surface area contributed by atoms with Crippen LogP contribution in [0.15, 0.2) is 29.3 Å². The Morgan fingerprint density at radius 3 is 2.67 bits per heavy atom. The van der Waals surface area contributed by atoms with Crippen molar-refractivity contribution >= 4 is 5.96 Å². The molecule has 2 rings (SSSR count). The van der Waals surface area contributed by atoms with Crippen LogP contribution in [0.5, 0.6) is 0 Å². The number of hydrogen-bond donors (Lipinski definition) is 2. The van der Waals surface area contributed by atoms with Crippen LogP contribution < -0.4 is 11.1 Å². The summed E-state index contributed by atoms with van der Waals surface area (Å²) in [5, 5.41) is 3.22. The van der Waals surface area contributed by atoms with Crippen molar-refractivity contribution in [3.05, 3.63) is 35.4 Å². The van der Waals surface area contributed by atoms with E-state index in [1.807, 2.05) is 0 Å². The van der Waals surface area contributed by atoms with Gasteiger partial charge in [-0.05, 0) is 36.3 Å². The fourth-order valence-electron chi connectivity index (χ4n) is 2.23. The summed E-state index contributed by atoms with van der Waals surface area (Å²) in [6.07, 6.45) is 5.08. The van der Waals surface area contributed by atoms with E-state index in [9.17, 15) is 0 Å². The van der Waals surface area contributed by atoms with Gasteiger partial charge in [-0.25, -0.2) is 4.99 Å². The Labute approximate surface area is 109 Å². The van der Waals surface area contributed by atoms with Crippen LogP contribution in [-0.2, 0) is 13.0 Å². The standard InChI is InChI=1S/C15H23N3/c1-2-13-8-3-4-9-14(13)11-18-15(16)17-10-12-6-5-7-12/h3-4,8-9,12H,2,5-7,10-11H2,1H3,(H3,16,17,18). The van der Waals surface area contributed by atoms with Gasteiger partial charge in [0.25, 0.3) is 0 Å². The van der Waals surface area contributed by atoms with Gasteiger partial charge < -0.3 is 11.1 Å². The van der Waals surface area contributed by atoms with Crippen molar-refractivity contribution < 1.29 is 0 Å². The molecule has 1 fully saturated rings. The highest BCUT2D eigenvalue weighted by Gasteiger charge is 2.16. The second kappa shape index (κ2) is 6.43.